The number of H-pyrrole nitrogens is 1. The molecule has 1 aliphatic rings. The molecule has 0 spiro atoms. The maximum Gasteiger partial charge on any atom is 0.334 e. The van der Waals surface area contributed by atoms with E-state index in [-0.39, 0.29) is 5.91 Å². The van der Waals surface area contributed by atoms with Crippen LogP contribution in [0.25, 0.3) is 10.9 Å². The van der Waals surface area contributed by atoms with Gasteiger partial charge in [0.2, 0.25) is 0 Å². The van der Waals surface area contributed by atoms with Gasteiger partial charge in [-0.15, -0.1) is 0 Å². The number of benzene rings is 2. The van der Waals surface area contributed by atoms with Gasteiger partial charge in [0.25, 0.3) is 5.91 Å². The molecule has 5 heteroatoms. The van der Waals surface area contributed by atoms with Crippen molar-refractivity contribution in [3.8, 4) is 0 Å². The summed E-state index contributed by atoms with van der Waals surface area (Å²) in [6.45, 7) is 0. The number of amides is 1. The fourth-order valence-corrected chi connectivity index (χ4v) is 3.55. The van der Waals surface area contributed by atoms with Gasteiger partial charge < -0.3 is 15.4 Å². The van der Waals surface area contributed by atoms with Crippen molar-refractivity contribution >= 4 is 22.8 Å². The molecule has 1 heterocycles. The third kappa shape index (κ3) is 2.01. The van der Waals surface area contributed by atoms with Crippen molar-refractivity contribution in [3.63, 3.8) is 0 Å². The van der Waals surface area contributed by atoms with Crippen LogP contribution in [0.5, 0.6) is 0 Å². The SMILES string of the molecule is O=C(NC1(C(=O)O)CCc2ccccc21)c1cccc2cc[nH]c12. The number of aromatic amines is 1. The summed E-state index contributed by atoms with van der Waals surface area (Å²) in [7, 11) is 0. The number of carboxylic acid groups (broad SMARTS) is 1. The monoisotopic (exact) mass is 320 g/mol. The lowest BCUT2D eigenvalue weighted by Gasteiger charge is -2.27. The average Bonchev–Trinajstić information content (AvgIpc) is 3.20. The standard InChI is InChI=1S/C19H16N2O3/c22-17(14-6-3-5-13-9-11-20-16(13)14)21-19(18(23)24)10-8-12-4-1-2-7-15(12)19/h1-7,9,11,20H,8,10H2,(H,21,22)(H,23,24). The molecule has 0 bridgehead atoms. The second kappa shape index (κ2) is 5.23. The zero-order chi connectivity index (χ0) is 16.7. The maximum atomic E-state index is 12.8. The summed E-state index contributed by atoms with van der Waals surface area (Å²) in [6.07, 6.45) is 2.75. The van der Waals surface area contributed by atoms with Gasteiger partial charge in [0.1, 0.15) is 0 Å². The molecule has 24 heavy (non-hydrogen) atoms. The van der Waals surface area contributed by atoms with Gasteiger partial charge in [-0.05, 0) is 36.1 Å². The number of aliphatic carboxylic acids is 1. The van der Waals surface area contributed by atoms with Crippen LogP contribution in [0.4, 0.5) is 0 Å². The van der Waals surface area contributed by atoms with Gasteiger partial charge >= 0.3 is 5.97 Å². The molecule has 3 N–H and O–H groups in total. The lowest BCUT2D eigenvalue weighted by molar-refractivity contribution is -0.144. The first-order valence-electron chi connectivity index (χ1n) is 7.82. The molecule has 1 amide bonds. The third-order valence-corrected chi connectivity index (χ3v) is 4.77. The average molecular weight is 320 g/mol. The van der Waals surface area contributed by atoms with Gasteiger partial charge in [-0.1, -0.05) is 36.4 Å². The summed E-state index contributed by atoms with van der Waals surface area (Å²) in [5.41, 5.74) is 1.43. The van der Waals surface area contributed by atoms with Gasteiger partial charge in [0, 0.05) is 11.6 Å². The third-order valence-electron chi connectivity index (χ3n) is 4.77. The number of carboxylic acids is 1. The summed E-state index contributed by atoms with van der Waals surface area (Å²) < 4.78 is 0. The lowest BCUT2D eigenvalue weighted by Crippen LogP contribution is -2.50. The highest BCUT2D eigenvalue weighted by atomic mass is 16.4. The fourth-order valence-electron chi connectivity index (χ4n) is 3.55. The van der Waals surface area contributed by atoms with Crippen molar-refractivity contribution in [2.45, 2.75) is 18.4 Å². The largest absolute Gasteiger partial charge is 0.479 e. The van der Waals surface area contributed by atoms with Crippen molar-refractivity contribution in [1.29, 1.82) is 0 Å². The summed E-state index contributed by atoms with van der Waals surface area (Å²) in [5.74, 6) is -1.42. The lowest BCUT2D eigenvalue weighted by atomic mass is 9.91. The van der Waals surface area contributed by atoms with Crippen LogP contribution in [0.15, 0.2) is 54.7 Å². The molecule has 0 fully saturated rings. The molecule has 1 unspecified atom stereocenters. The van der Waals surface area contributed by atoms with Gasteiger partial charge in [0.05, 0.1) is 11.1 Å². The molecule has 1 atom stereocenters. The van der Waals surface area contributed by atoms with Crippen LogP contribution in [0.2, 0.25) is 0 Å². The summed E-state index contributed by atoms with van der Waals surface area (Å²) in [6, 6.07) is 14.7. The molecular weight excluding hydrogens is 304 g/mol. The number of fused-ring (bicyclic) bond motifs is 2. The zero-order valence-corrected chi connectivity index (χ0v) is 12.9. The number of hydrogen-bond acceptors (Lipinski definition) is 2. The Hall–Kier alpha value is -3.08. The summed E-state index contributed by atoms with van der Waals surface area (Å²) in [5, 5.41) is 13.6. The molecule has 120 valence electrons. The molecule has 1 aliphatic carbocycles. The van der Waals surface area contributed by atoms with Crippen molar-refractivity contribution in [1.82, 2.24) is 10.3 Å². The number of aryl methyl sites for hydroxylation is 1. The number of carbonyl (C=O) groups is 2. The van der Waals surface area contributed by atoms with E-state index in [0.717, 1.165) is 10.9 Å². The van der Waals surface area contributed by atoms with Gasteiger partial charge in [-0.3, -0.25) is 4.79 Å². The van der Waals surface area contributed by atoms with E-state index in [1.165, 1.54) is 0 Å². The van der Waals surface area contributed by atoms with Crippen LogP contribution in [-0.4, -0.2) is 22.0 Å². The van der Waals surface area contributed by atoms with E-state index in [9.17, 15) is 14.7 Å². The molecule has 4 rings (SSSR count). The van der Waals surface area contributed by atoms with Crippen LogP contribution in [0.1, 0.15) is 27.9 Å². The van der Waals surface area contributed by atoms with Gasteiger partial charge in [0.15, 0.2) is 5.54 Å². The molecular formula is C19H16N2O3. The highest BCUT2D eigenvalue weighted by molar-refractivity contribution is 6.07. The molecule has 0 saturated heterocycles. The predicted molar refractivity (Wildman–Crippen MR) is 89.8 cm³/mol. The van der Waals surface area contributed by atoms with E-state index in [0.29, 0.717) is 29.5 Å². The van der Waals surface area contributed by atoms with Crippen molar-refractivity contribution < 1.29 is 14.7 Å². The van der Waals surface area contributed by atoms with Crippen LogP contribution < -0.4 is 5.32 Å². The van der Waals surface area contributed by atoms with E-state index in [2.05, 4.69) is 10.3 Å². The number of nitrogens with one attached hydrogen (secondary N) is 2. The maximum absolute atomic E-state index is 12.8. The Labute approximate surface area is 138 Å². The minimum absolute atomic E-state index is 0.355. The quantitative estimate of drug-likeness (QED) is 0.694. The summed E-state index contributed by atoms with van der Waals surface area (Å²) >= 11 is 0. The minimum atomic E-state index is -1.37. The molecule has 2 aromatic carbocycles. The first-order chi connectivity index (χ1) is 11.6. The number of carbonyl (C=O) groups excluding carboxylic acids is 1. The van der Waals surface area contributed by atoms with Gasteiger partial charge in [-0.2, -0.15) is 0 Å². The first-order valence-corrected chi connectivity index (χ1v) is 7.82. The molecule has 0 radical (unpaired) electrons. The topological polar surface area (TPSA) is 82.2 Å². The van der Waals surface area contributed by atoms with E-state index in [4.69, 9.17) is 0 Å². The van der Waals surface area contributed by atoms with Crippen molar-refractivity contribution in [2.24, 2.45) is 0 Å². The number of rotatable bonds is 3. The zero-order valence-electron chi connectivity index (χ0n) is 12.9. The second-order valence-corrected chi connectivity index (χ2v) is 6.07. The highest BCUT2D eigenvalue weighted by Gasteiger charge is 2.46. The predicted octanol–water partition coefficient (Wildman–Crippen LogP) is 2.82. The number of para-hydroxylation sites is 1. The molecule has 1 aromatic heterocycles. The Bertz CT molecular complexity index is 960. The van der Waals surface area contributed by atoms with Crippen LogP contribution >= 0.6 is 0 Å². The van der Waals surface area contributed by atoms with Crippen LogP contribution in [0.3, 0.4) is 0 Å². The van der Waals surface area contributed by atoms with E-state index >= 15 is 0 Å². The first kappa shape index (κ1) is 14.5. The Morgan fingerprint density at radius 3 is 2.75 bits per heavy atom. The Kier molecular flexibility index (Phi) is 3.16. The minimum Gasteiger partial charge on any atom is -0.479 e. The van der Waals surface area contributed by atoms with Crippen LogP contribution in [-0.2, 0) is 16.8 Å². The highest BCUT2D eigenvalue weighted by Crippen LogP contribution is 2.37. The molecule has 0 saturated carbocycles. The fraction of sp³-hybridized carbons (Fsp3) is 0.158. The molecule has 5 nitrogen and oxygen atoms in total. The number of hydrogen-bond donors (Lipinski definition) is 3. The van der Waals surface area contributed by atoms with Crippen molar-refractivity contribution in [3.05, 3.63) is 71.4 Å². The second-order valence-electron chi connectivity index (χ2n) is 6.07. The molecule has 3 aromatic rings. The van der Waals surface area contributed by atoms with E-state index < -0.39 is 11.5 Å². The summed E-state index contributed by atoms with van der Waals surface area (Å²) in [4.78, 5) is 27.9. The smallest absolute Gasteiger partial charge is 0.334 e. The Morgan fingerprint density at radius 2 is 1.92 bits per heavy atom. The van der Waals surface area contributed by atoms with E-state index in [1.807, 2.05) is 24.3 Å². The molecule has 0 aliphatic heterocycles. The van der Waals surface area contributed by atoms with E-state index in [1.54, 1.807) is 30.5 Å². The normalized spacial score (nSPS) is 19.2. The Morgan fingerprint density at radius 1 is 1.08 bits per heavy atom. The van der Waals surface area contributed by atoms with Crippen LogP contribution in [0, 0.1) is 0 Å². The van der Waals surface area contributed by atoms with Crippen molar-refractivity contribution in [2.75, 3.05) is 0 Å². The Balaban J connectivity index is 1.77. The number of aromatic nitrogens is 1. The van der Waals surface area contributed by atoms with Gasteiger partial charge in [-0.25, -0.2) is 4.79 Å².